The number of carbonyl (C=O) groups excluding carboxylic acids is 1. The molecule has 0 atom stereocenters. The average Bonchev–Trinajstić information content (AvgIpc) is 2.52. The van der Waals surface area contributed by atoms with Crippen molar-refractivity contribution in [1.82, 2.24) is 4.98 Å². The smallest absolute Gasteiger partial charge is 0.416 e. The van der Waals surface area contributed by atoms with Gasteiger partial charge in [-0.05, 0) is 31.5 Å². The van der Waals surface area contributed by atoms with Crippen molar-refractivity contribution < 1.29 is 32.6 Å². The van der Waals surface area contributed by atoms with E-state index >= 15 is 0 Å². The summed E-state index contributed by atoms with van der Waals surface area (Å²) >= 11 is 0. The maximum atomic E-state index is 13.0. The van der Waals surface area contributed by atoms with Crippen molar-refractivity contribution in [3.8, 4) is 11.1 Å². The third-order valence-electron chi connectivity index (χ3n) is 3.64. The molecule has 0 aliphatic rings. The van der Waals surface area contributed by atoms with E-state index in [1.807, 2.05) is 0 Å². The predicted octanol–water partition coefficient (Wildman–Crippen LogP) is 3.87. The summed E-state index contributed by atoms with van der Waals surface area (Å²) < 4.78 is 43.7. The van der Waals surface area contributed by atoms with Crippen molar-refractivity contribution in [3.63, 3.8) is 0 Å². The molecule has 0 amide bonds. The first-order valence-corrected chi connectivity index (χ1v) is 7.08. The fourth-order valence-electron chi connectivity index (χ4n) is 2.60. The summed E-state index contributed by atoms with van der Waals surface area (Å²) in [6.07, 6.45) is -4.61. The van der Waals surface area contributed by atoms with Gasteiger partial charge in [0.1, 0.15) is 0 Å². The number of carboxylic acids is 1. The summed E-state index contributed by atoms with van der Waals surface area (Å²) in [6, 6.07) is 4.12. The van der Waals surface area contributed by atoms with Crippen LogP contribution in [-0.2, 0) is 10.9 Å². The van der Waals surface area contributed by atoms with Crippen molar-refractivity contribution in [2.45, 2.75) is 20.0 Å². The quantitative estimate of drug-likeness (QED) is 0.848. The van der Waals surface area contributed by atoms with E-state index in [2.05, 4.69) is 9.72 Å². The van der Waals surface area contributed by atoms with E-state index in [-0.39, 0.29) is 33.6 Å². The van der Waals surface area contributed by atoms with Gasteiger partial charge in [-0.3, -0.25) is 4.98 Å². The molecule has 25 heavy (non-hydrogen) atoms. The summed E-state index contributed by atoms with van der Waals surface area (Å²) in [7, 11) is 1.10. The van der Waals surface area contributed by atoms with Crippen LogP contribution >= 0.6 is 0 Å². The molecule has 0 fully saturated rings. The monoisotopic (exact) mass is 353 g/mol. The average molecular weight is 353 g/mol. The Kier molecular flexibility index (Phi) is 4.82. The molecule has 0 aliphatic heterocycles. The molecule has 1 N–H and O–H groups in total. The minimum absolute atomic E-state index is 0.0544. The van der Waals surface area contributed by atoms with Gasteiger partial charge < -0.3 is 9.84 Å². The Balaban J connectivity index is 2.92. The number of ether oxygens (including phenoxy) is 1. The molecular weight excluding hydrogens is 339 g/mol. The molecule has 0 bridgehead atoms. The highest BCUT2D eigenvalue weighted by molar-refractivity contribution is 6.06. The Hall–Kier alpha value is -2.90. The van der Waals surface area contributed by atoms with Crippen LogP contribution in [0.2, 0.25) is 0 Å². The van der Waals surface area contributed by atoms with E-state index in [0.29, 0.717) is 0 Å². The topological polar surface area (TPSA) is 76.5 Å². The van der Waals surface area contributed by atoms with Gasteiger partial charge in [-0.1, -0.05) is 12.1 Å². The number of nitrogens with zero attached hydrogens (tertiary/aromatic N) is 1. The number of methoxy groups -OCH3 is 1. The van der Waals surface area contributed by atoms with Crippen LogP contribution in [0, 0.1) is 13.8 Å². The summed E-state index contributed by atoms with van der Waals surface area (Å²) in [5, 5.41) is 9.49. The van der Waals surface area contributed by atoms with E-state index < -0.39 is 23.7 Å². The lowest BCUT2D eigenvalue weighted by atomic mass is 9.91. The van der Waals surface area contributed by atoms with Crippen LogP contribution in [0.5, 0.6) is 0 Å². The Morgan fingerprint density at radius 2 is 1.72 bits per heavy atom. The van der Waals surface area contributed by atoms with Gasteiger partial charge in [0.25, 0.3) is 0 Å². The zero-order chi connectivity index (χ0) is 18.9. The number of aromatic nitrogens is 1. The van der Waals surface area contributed by atoms with Crippen LogP contribution in [-0.4, -0.2) is 29.1 Å². The van der Waals surface area contributed by atoms with Crippen LogP contribution in [0.25, 0.3) is 11.1 Å². The van der Waals surface area contributed by atoms with Crippen molar-refractivity contribution >= 4 is 11.9 Å². The highest BCUT2D eigenvalue weighted by Gasteiger charge is 2.32. The molecule has 8 heteroatoms. The molecular formula is C17H14F3NO4. The first-order chi connectivity index (χ1) is 11.6. The normalized spacial score (nSPS) is 11.3. The minimum Gasteiger partial charge on any atom is -0.478 e. The van der Waals surface area contributed by atoms with Gasteiger partial charge in [0.05, 0.1) is 35.2 Å². The van der Waals surface area contributed by atoms with Gasteiger partial charge in [-0.2, -0.15) is 13.2 Å². The molecule has 132 valence electrons. The molecule has 0 saturated heterocycles. The summed E-state index contributed by atoms with van der Waals surface area (Å²) in [5.74, 6) is -2.28. The molecule has 1 heterocycles. The molecule has 2 rings (SSSR count). The lowest BCUT2D eigenvalue weighted by molar-refractivity contribution is -0.137. The fourth-order valence-corrected chi connectivity index (χ4v) is 2.60. The van der Waals surface area contributed by atoms with E-state index in [1.54, 1.807) is 0 Å². The first kappa shape index (κ1) is 18.4. The standard InChI is InChI=1S/C17H14F3NO4/c1-8-12(15(22)23)14(13(9(2)21-8)16(24)25-3)10-5-4-6-11(7-10)17(18,19)20/h4-7H,1-3H3,(H,22,23). The number of pyridine rings is 1. The fraction of sp³-hybridized carbons (Fsp3) is 0.235. The summed E-state index contributed by atoms with van der Waals surface area (Å²) in [6.45, 7) is 2.87. The Bertz CT molecular complexity index is 860. The van der Waals surface area contributed by atoms with Crippen LogP contribution in [0.4, 0.5) is 13.2 Å². The number of carboxylic acid groups (broad SMARTS) is 1. The zero-order valence-electron chi connectivity index (χ0n) is 13.6. The van der Waals surface area contributed by atoms with Crippen LogP contribution < -0.4 is 0 Å². The Morgan fingerprint density at radius 1 is 1.12 bits per heavy atom. The molecule has 0 aliphatic carbocycles. The first-order valence-electron chi connectivity index (χ1n) is 7.08. The van der Waals surface area contributed by atoms with Crippen LogP contribution in [0.15, 0.2) is 24.3 Å². The maximum Gasteiger partial charge on any atom is 0.416 e. The van der Waals surface area contributed by atoms with E-state index in [9.17, 15) is 27.9 Å². The number of halogens is 3. The number of hydrogen-bond acceptors (Lipinski definition) is 4. The summed E-state index contributed by atoms with van der Waals surface area (Å²) in [4.78, 5) is 27.8. The van der Waals surface area contributed by atoms with E-state index in [0.717, 1.165) is 25.3 Å². The Morgan fingerprint density at radius 3 is 2.24 bits per heavy atom. The number of aromatic carboxylic acids is 1. The molecule has 0 unspecified atom stereocenters. The molecule has 0 saturated carbocycles. The third-order valence-corrected chi connectivity index (χ3v) is 3.64. The molecule has 0 spiro atoms. The third kappa shape index (κ3) is 3.47. The van der Waals surface area contributed by atoms with Gasteiger partial charge in [-0.15, -0.1) is 0 Å². The maximum absolute atomic E-state index is 13.0. The van der Waals surface area contributed by atoms with Gasteiger partial charge in [0.2, 0.25) is 0 Å². The lowest BCUT2D eigenvalue weighted by Gasteiger charge is -2.17. The Labute approximate surface area is 141 Å². The van der Waals surface area contributed by atoms with E-state index in [4.69, 9.17) is 0 Å². The van der Waals surface area contributed by atoms with Gasteiger partial charge >= 0.3 is 18.1 Å². The number of benzene rings is 1. The zero-order valence-corrected chi connectivity index (χ0v) is 13.6. The predicted molar refractivity (Wildman–Crippen MR) is 82.4 cm³/mol. The van der Waals surface area contributed by atoms with Crippen molar-refractivity contribution in [1.29, 1.82) is 0 Å². The number of carbonyl (C=O) groups is 2. The number of rotatable bonds is 3. The highest BCUT2D eigenvalue weighted by atomic mass is 19.4. The molecule has 1 aromatic heterocycles. The van der Waals surface area contributed by atoms with Crippen molar-refractivity contribution in [2.75, 3.05) is 7.11 Å². The molecule has 1 aromatic carbocycles. The second-order valence-electron chi connectivity index (χ2n) is 5.28. The molecule has 5 nitrogen and oxygen atoms in total. The highest BCUT2D eigenvalue weighted by Crippen LogP contribution is 2.36. The molecule has 0 radical (unpaired) electrons. The second kappa shape index (κ2) is 6.54. The number of esters is 1. The van der Waals surface area contributed by atoms with Gasteiger partial charge in [0.15, 0.2) is 0 Å². The number of alkyl halides is 3. The van der Waals surface area contributed by atoms with Crippen LogP contribution in [0.1, 0.15) is 37.7 Å². The van der Waals surface area contributed by atoms with Crippen LogP contribution in [0.3, 0.4) is 0 Å². The minimum atomic E-state index is -4.61. The van der Waals surface area contributed by atoms with Crippen molar-refractivity contribution in [3.05, 3.63) is 52.3 Å². The lowest BCUT2D eigenvalue weighted by Crippen LogP contribution is -2.15. The summed E-state index contributed by atoms with van der Waals surface area (Å²) in [5.41, 5.74) is -1.41. The van der Waals surface area contributed by atoms with Gasteiger partial charge in [-0.25, -0.2) is 9.59 Å². The number of hydrogen-bond donors (Lipinski definition) is 1. The SMILES string of the molecule is COC(=O)c1c(C)nc(C)c(C(=O)O)c1-c1cccc(C(F)(F)F)c1. The second-order valence-corrected chi connectivity index (χ2v) is 5.28. The van der Waals surface area contributed by atoms with E-state index in [1.165, 1.54) is 19.9 Å². The van der Waals surface area contributed by atoms with Crippen molar-refractivity contribution in [2.24, 2.45) is 0 Å². The molecule has 2 aromatic rings. The van der Waals surface area contributed by atoms with Gasteiger partial charge in [0, 0.05) is 5.56 Å². The number of aryl methyl sites for hydroxylation is 2. The largest absolute Gasteiger partial charge is 0.478 e.